The van der Waals surface area contributed by atoms with Gasteiger partial charge in [0.05, 0.1) is 17.4 Å². The summed E-state index contributed by atoms with van der Waals surface area (Å²) in [6.45, 7) is 1.56. The summed E-state index contributed by atoms with van der Waals surface area (Å²) in [6.07, 6.45) is 5.54. The number of benzene rings is 1. The van der Waals surface area contributed by atoms with E-state index in [1.165, 1.54) is 0 Å². The number of likely N-dealkylation sites (tertiary alicyclic amines) is 1. The first-order valence-corrected chi connectivity index (χ1v) is 7.82. The van der Waals surface area contributed by atoms with Gasteiger partial charge in [0.1, 0.15) is 0 Å². The normalized spacial score (nSPS) is 18.5. The molecule has 5 nitrogen and oxygen atoms in total. The third-order valence-corrected chi connectivity index (χ3v) is 4.29. The molecule has 1 N–H and O–H groups in total. The topological polar surface area (TPSA) is 50.2 Å². The summed E-state index contributed by atoms with van der Waals surface area (Å²) in [4.78, 5) is 14.5. The highest BCUT2D eigenvalue weighted by Crippen LogP contribution is 2.16. The molecule has 0 bridgehead atoms. The molecule has 6 heteroatoms. The van der Waals surface area contributed by atoms with Gasteiger partial charge in [-0.15, -0.1) is 0 Å². The minimum atomic E-state index is 0.0418. The smallest absolute Gasteiger partial charge is 0.257 e. The van der Waals surface area contributed by atoms with E-state index in [1.807, 2.05) is 36.2 Å². The summed E-state index contributed by atoms with van der Waals surface area (Å²) in [7, 11) is 1.94. The van der Waals surface area contributed by atoms with Crippen LogP contribution in [-0.4, -0.2) is 46.8 Å². The van der Waals surface area contributed by atoms with E-state index in [2.05, 4.69) is 10.4 Å². The van der Waals surface area contributed by atoms with Crippen LogP contribution in [0.5, 0.6) is 0 Å². The van der Waals surface area contributed by atoms with Gasteiger partial charge in [0, 0.05) is 30.4 Å². The Morgan fingerprint density at radius 3 is 2.86 bits per heavy atom. The Bertz CT molecular complexity index is 652. The molecular weight excluding hydrogens is 300 g/mol. The van der Waals surface area contributed by atoms with Crippen LogP contribution in [0.4, 0.5) is 0 Å². The first-order chi connectivity index (χ1) is 10.7. The molecule has 1 aromatic carbocycles. The van der Waals surface area contributed by atoms with Gasteiger partial charge in [-0.3, -0.25) is 4.79 Å². The predicted octanol–water partition coefficient (Wildman–Crippen LogP) is 2.35. The molecule has 1 saturated heterocycles. The summed E-state index contributed by atoms with van der Waals surface area (Å²) in [6, 6.07) is 7.75. The van der Waals surface area contributed by atoms with Crippen molar-refractivity contribution in [1.82, 2.24) is 20.0 Å². The molecule has 2 aromatic rings. The van der Waals surface area contributed by atoms with Gasteiger partial charge >= 0.3 is 0 Å². The maximum Gasteiger partial charge on any atom is 0.257 e. The Kier molecular flexibility index (Phi) is 4.45. The van der Waals surface area contributed by atoms with E-state index < -0.39 is 0 Å². The van der Waals surface area contributed by atoms with Gasteiger partial charge in [0.15, 0.2) is 0 Å². The van der Waals surface area contributed by atoms with Crippen LogP contribution in [0.2, 0.25) is 5.02 Å². The van der Waals surface area contributed by atoms with Crippen molar-refractivity contribution >= 4 is 17.5 Å². The van der Waals surface area contributed by atoms with Crippen molar-refractivity contribution in [2.24, 2.45) is 0 Å². The van der Waals surface area contributed by atoms with Crippen LogP contribution >= 0.6 is 11.6 Å². The number of halogens is 1. The van der Waals surface area contributed by atoms with Crippen LogP contribution < -0.4 is 5.32 Å². The summed E-state index contributed by atoms with van der Waals surface area (Å²) in [5.74, 6) is 0.0418. The molecule has 1 fully saturated rings. The zero-order valence-electron chi connectivity index (χ0n) is 12.5. The zero-order valence-corrected chi connectivity index (χ0v) is 13.3. The highest BCUT2D eigenvalue weighted by atomic mass is 35.5. The molecule has 1 unspecified atom stereocenters. The second kappa shape index (κ2) is 6.50. The third kappa shape index (κ3) is 3.15. The number of hydrogen-bond acceptors (Lipinski definition) is 3. The first kappa shape index (κ1) is 15.1. The van der Waals surface area contributed by atoms with E-state index in [0.29, 0.717) is 16.6 Å². The van der Waals surface area contributed by atoms with Crippen molar-refractivity contribution in [3.8, 4) is 5.69 Å². The maximum atomic E-state index is 12.6. The Morgan fingerprint density at radius 2 is 2.14 bits per heavy atom. The summed E-state index contributed by atoms with van der Waals surface area (Å²) in [5, 5.41) is 8.21. The van der Waals surface area contributed by atoms with Gasteiger partial charge < -0.3 is 10.2 Å². The first-order valence-electron chi connectivity index (χ1n) is 7.44. The highest BCUT2D eigenvalue weighted by Gasteiger charge is 2.24. The molecule has 116 valence electrons. The Labute approximate surface area is 134 Å². The Hall–Kier alpha value is -1.85. The van der Waals surface area contributed by atoms with Gasteiger partial charge in [-0.25, -0.2) is 4.68 Å². The average Bonchev–Trinajstić information content (AvgIpc) is 3.05. The molecule has 0 radical (unpaired) electrons. The lowest BCUT2D eigenvalue weighted by Crippen LogP contribution is -2.46. The van der Waals surface area contributed by atoms with Crippen molar-refractivity contribution in [2.45, 2.75) is 18.9 Å². The van der Waals surface area contributed by atoms with Crippen LogP contribution in [0.15, 0.2) is 36.7 Å². The number of nitrogens with zero attached hydrogens (tertiary/aromatic N) is 3. The van der Waals surface area contributed by atoms with Crippen LogP contribution in [0.3, 0.4) is 0 Å². The fraction of sp³-hybridized carbons (Fsp3) is 0.375. The molecule has 1 atom stereocenters. The fourth-order valence-electron chi connectivity index (χ4n) is 2.75. The molecule has 1 aliphatic heterocycles. The van der Waals surface area contributed by atoms with Crippen LogP contribution in [-0.2, 0) is 0 Å². The van der Waals surface area contributed by atoms with Gasteiger partial charge in [0.2, 0.25) is 0 Å². The standard InChI is InChI=1S/C16H19ClN4O/c1-18-14-3-2-8-20(11-14)16(22)12-9-19-21(10-12)15-6-4-13(17)5-7-15/h4-7,9-10,14,18H,2-3,8,11H2,1H3. The SMILES string of the molecule is CNC1CCCN(C(=O)c2cnn(-c3ccc(Cl)cc3)c2)C1. The summed E-state index contributed by atoms with van der Waals surface area (Å²) >= 11 is 5.89. The molecule has 2 heterocycles. The summed E-state index contributed by atoms with van der Waals surface area (Å²) in [5.41, 5.74) is 1.50. The lowest BCUT2D eigenvalue weighted by atomic mass is 10.1. The van der Waals surface area contributed by atoms with E-state index in [9.17, 15) is 4.79 Å². The van der Waals surface area contributed by atoms with Crippen molar-refractivity contribution in [3.05, 3.63) is 47.2 Å². The number of amides is 1. The minimum absolute atomic E-state index is 0.0418. The van der Waals surface area contributed by atoms with Gasteiger partial charge in [-0.1, -0.05) is 11.6 Å². The molecule has 0 aliphatic carbocycles. The van der Waals surface area contributed by atoms with Gasteiger partial charge in [-0.05, 0) is 44.2 Å². The quantitative estimate of drug-likeness (QED) is 0.945. The number of carbonyl (C=O) groups is 1. The van der Waals surface area contributed by atoms with Crippen molar-refractivity contribution < 1.29 is 4.79 Å². The molecule has 1 aliphatic rings. The second-order valence-corrected chi connectivity index (χ2v) is 5.97. The number of rotatable bonds is 3. The average molecular weight is 319 g/mol. The molecule has 3 rings (SSSR count). The predicted molar refractivity (Wildman–Crippen MR) is 86.6 cm³/mol. The Morgan fingerprint density at radius 1 is 1.36 bits per heavy atom. The van der Waals surface area contributed by atoms with Crippen LogP contribution in [0.25, 0.3) is 5.69 Å². The third-order valence-electron chi connectivity index (χ3n) is 4.04. The number of piperidine rings is 1. The van der Waals surface area contributed by atoms with E-state index in [4.69, 9.17) is 11.6 Å². The second-order valence-electron chi connectivity index (χ2n) is 5.53. The van der Waals surface area contributed by atoms with Gasteiger partial charge in [0.25, 0.3) is 5.91 Å². The monoisotopic (exact) mass is 318 g/mol. The van der Waals surface area contributed by atoms with Crippen LogP contribution in [0.1, 0.15) is 23.2 Å². The number of aromatic nitrogens is 2. The number of hydrogen-bond donors (Lipinski definition) is 1. The lowest BCUT2D eigenvalue weighted by Gasteiger charge is -2.32. The van der Waals surface area contributed by atoms with Crippen molar-refractivity contribution in [3.63, 3.8) is 0 Å². The van der Waals surface area contributed by atoms with Crippen molar-refractivity contribution in [2.75, 3.05) is 20.1 Å². The zero-order chi connectivity index (χ0) is 15.5. The summed E-state index contributed by atoms with van der Waals surface area (Å²) < 4.78 is 1.70. The number of nitrogens with one attached hydrogen (secondary N) is 1. The molecule has 22 heavy (non-hydrogen) atoms. The molecule has 1 amide bonds. The molecule has 0 saturated carbocycles. The van der Waals surface area contributed by atoms with Crippen LogP contribution in [0, 0.1) is 0 Å². The molecule has 1 aromatic heterocycles. The van der Waals surface area contributed by atoms with E-state index in [0.717, 1.165) is 31.6 Å². The number of carbonyl (C=O) groups excluding carboxylic acids is 1. The van der Waals surface area contributed by atoms with E-state index in [1.54, 1.807) is 17.1 Å². The van der Waals surface area contributed by atoms with Gasteiger partial charge in [-0.2, -0.15) is 5.10 Å². The lowest BCUT2D eigenvalue weighted by molar-refractivity contribution is 0.0698. The largest absolute Gasteiger partial charge is 0.337 e. The molecule has 0 spiro atoms. The van der Waals surface area contributed by atoms with E-state index in [-0.39, 0.29) is 5.91 Å². The number of likely N-dealkylation sites (N-methyl/N-ethyl adjacent to an activating group) is 1. The minimum Gasteiger partial charge on any atom is -0.337 e. The van der Waals surface area contributed by atoms with E-state index >= 15 is 0 Å². The fourth-order valence-corrected chi connectivity index (χ4v) is 2.87. The maximum absolute atomic E-state index is 12.6. The Balaban J connectivity index is 1.75. The molecular formula is C16H19ClN4O. The van der Waals surface area contributed by atoms with Crippen molar-refractivity contribution in [1.29, 1.82) is 0 Å². The highest BCUT2D eigenvalue weighted by molar-refractivity contribution is 6.30.